The Labute approximate surface area is 185 Å². The van der Waals surface area contributed by atoms with Gasteiger partial charge in [-0.15, -0.1) is 25.0 Å². The fourth-order valence-corrected chi connectivity index (χ4v) is 2.95. The third kappa shape index (κ3) is 19.1. The van der Waals surface area contributed by atoms with Crippen molar-refractivity contribution in [2.24, 2.45) is 0 Å². The van der Waals surface area contributed by atoms with Crippen molar-refractivity contribution in [2.45, 2.75) is 97.0 Å². The van der Waals surface area contributed by atoms with E-state index in [9.17, 15) is 4.79 Å². The molecule has 168 valence electrons. The van der Waals surface area contributed by atoms with Crippen LogP contribution in [0.2, 0.25) is 0 Å². The fourth-order valence-electron chi connectivity index (χ4n) is 2.95. The number of carbonyl (C=O) groups is 1. The first kappa shape index (κ1) is 27.8. The van der Waals surface area contributed by atoms with Crippen LogP contribution >= 0.6 is 0 Å². The highest BCUT2D eigenvalue weighted by atomic mass is 16.7. The molecule has 0 unspecified atom stereocenters. The Hall–Kier alpha value is -2.21. The van der Waals surface area contributed by atoms with E-state index < -0.39 is 6.16 Å². The van der Waals surface area contributed by atoms with Crippen LogP contribution < -0.4 is 0 Å². The highest BCUT2D eigenvalue weighted by Crippen LogP contribution is 2.11. The number of rotatable bonds is 15. The quantitative estimate of drug-likeness (QED) is 0.125. The maximum Gasteiger partial charge on any atom is 0.508 e. The minimum absolute atomic E-state index is 0.248. The van der Waals surface area contributed by atoms with Gasteiger partial charge in [-0.3, -0.25) is 0 Å². The monoisotopic (exact) mass is 414 g/mol. The van der Waals surface area contributed by atoms with Crippen molar-refractivity contribution in [2.75, 3.05) is 6.61 Å². The van der Waals surface area contributed by atoms with Gasteiger partial charge in [-0.25, -0.2) is 4.79 Å². The van der Waals surface area contributed by atoms with Gasteiger partial charge >= 0.3 is 6.16 Å². The second-order valence-electron chi connectivity index (χ2n) is 7.26. The number of hydrogen-bond acceptors (Lipinski definition) is 3. The molecule has 0 N–H and O–H groups in total. The summed E-state index contributed by atoms with van der Waals surface area (Å²) in [6.45, 7) is 8.87. The van der Waals surface area contributed by atoms with Crippen LogP contribution in [0, 0.1) is 11.8 Å². The van der Waals surface area contributed by atoms with Crippen LogP contribution in [-0.4, -0.2) is 12.8 Å². The van der Waals surface area contributed by atoms with Gasteiger partial charge in [-0.05, 0) is 18.4 Å². The van der Waals surface area contributed by atoms with E-state index in [4.69, 9.17) is 9.47 Å². The Morgan fingerprint density at radius 1 is 0.767 bits per heavy atom. The van der Waals surface area contributed by atoms with E-state index in [-0.39, 0.29) is 6.61 Å². The highest BCUT2D eigenvalue weighted by molar-refractivity contribution is 5.59. The van der Waals surface area contributed by atoms with Gasteiger partial charge in [0.1, 0.15) is 6.61 Å². The minimum atomic E-state index is -0.609. The van der Waals surface area contributed by atoms with E-state index in [1.54, 1.807) is 0 Å². The van der Waals surface area contributed by atoms with Crippen LogP contribution in [0.1, 0.15) is 96.0 Å². The van der Waals surface area contributed by atoms with Gasteiger partial charge in [0.25, 0.3) is 0 Å². The number of hydrogen-bond donors (Lipinski definition) is 0. The van der Waals surface area contributed by atoms with Gasteiger partial charge < -0.3 is 9.47 Å². The molecule has 0 bridgehead atoms. The zero-order valence-electron chi connectivity index (χ0n) is 19.1. The maximum absolute atomic E-state index is 11.5. The number of ether oxygens (including phenoxy) is 2. The third-order valence-corrected chi connectivity index (χ3v) is 4.65. The molecular formula is C27H42O3. The largest absolute Gasteiger partial charge is 0.508 e. The van der Waals surface area contributed by atoms with Crippen LogP contribution in [0.5, 0.6) is 0 Å². The maximum atomic E-state index is 11.5. The molecule has 0 radical (unpaired) electrons. The summed E-state index contributed by atoms with van der Waals surface area (Å²) in [6, 6.07) is 9.59. The molecule has 0 aliphatic heterocycles. The van der Waals surface area contributed by atoms with Crippen LogP contribution in [0.4, 0.5) is 4.79 Å². The van der Waals surface area contributed by atoms with Gasteiger partial charge in [0, 0.05) is 12.8 Å². The van der Waals surface area contributed by atoms with Crippen LogP contribution in [0.25, 0.3) is 0 Å². The van der Waals surface area contributed by atoms with E-state index >= 15 is 0 Å². The standard InChI is InChI=1S/C25H38O3.C2H4/c1-2-3-4-5-6-7-8-9-10-11-12-13-14-15-19-22-27-25(26)28-23-24-20-17-16-18-21-24;1-2/h16-18,20-21H,2-12,15,19,22-23H2,1H3;1-2H2. The molecule has 0 heterocycles. The van der Waals surface area contributed by atoms with Crippen molar-refractivity contribution in [1.29, 1.82) is 0 Å². The summed E-state index contributed by atoms with van der Waals surface area (Å²) >= 11 is 0. The summed E-state index contributed by atoms with van der Waals surface area (Å²) in [5, 5.41) is 0. The second kappa shape index (κ2) is 23.1. The van der Waals surface area contributed by atoms with E-state index in [1.165, 1.54) is 64.2 Å². The first-order valence-corrected chi connectivity index (χ1v) is 11.6. The Morgan fingerprint density at radius 3 is 1.90 bits per heavy atom. The predicted octanol–water partition coefficient (Wildman–Crippen LogP) is 8.24. The van der Waals surface area contributed by atoms with Crippen LogP contribution in [-0.2, 0) is 16.1 Å². The molecule has 0 fully saturated rings. The van der Waals surface area contributed by atoms with Gasteiger partial charge in [-0.1, -0.05) is 95.0 Å². The number of unbranched alkanes of at least 4 members (excludes halogenated alkanes) is 11. The van der Waals surface area contributed by atoms with Crippen LogP contribution in [0.3, 0.4) is 0 Å². The van der Waals surface area contributed by atoms with Gasteiger partial charge in [0.05, 0.1) is 6.61 Å². The van der Waals surface area contributed by atoms with Gasteiger partial charge in [-0.2, -0.15) is 0 Å². The van der Waals surface area contributed by atoms with Crippen molar-refractivity contribution in [3.8, 4) is 11.8 Å². The Morgan fingerprint density at radius 2 is 1.30 bits per heavy atom. The van der Waals surface area contributed by atoms with Gasteiger partial charge in [0.2, 0.25) is 0 Å². The van der Waals surface area contributed by atoms with E-state index in [0.29, 0.717) is 6.61 Å². The zero-order chi connectivity index (χ0) is 22.1. The summed E-state index contributed by atoms with van der Waals surface area (Å²) in [6.07, 6.45) is 15.4. The lowest BCUT2D eigenvalue weighted by Gasteiger charge is -2.05. The molecule has 0 atom stereocenters. The summed E-state index contributed by atoms with van der Waals surface area (Å²) in [7, 11) is 0. The number of benzene rings is 1. The van der Waals surface area contributed by atoms with Gasteiger partial charge in [0.15, 0.2) is 0 Å². The van der Waals surface area contributed by atoms with E-state index in [2.05, 4.69) is 31.9 Å². The molecule has 3 heteroatoms. The Bertz CT molecular complexity index is 556. The summed E-state index contributed by atoms with van der Waals surface area (Å²) in [4.78, 5) is 11.5. The highest BCUT2D eigenvalue weighted by Gasteiger charge is 2.03. The summed E-state index contributed by atoms with van der Waals surface area (Å²) < 4.78 is 10.1. The Balaban J connectivity index is 0.00000407. The molecule has 30 heavy (non-hydrogen) atoms. The SMILES string of the molecule is C=C.CCCCCCCCCCCCC#CCCCOC(=O)OCc1ccccc1. The van der Waals surface area contributed by atoms with Crippen molar-refractivity contribution >= 4 is 6.16 Å². The molecule has 1 aromatic carbocycles. The smallest absolute Gasteiger partial charge is 0.434 e. The van der Waals surface area contributed by atoms with Crippen LogP contribution in [0.15, 0.2) is 43.5 Å². The van der Waals surface area contributed by atoms with Crippen molar-refractivity contribution < 1.29 is 14.3 Å². The average Bonchev–Trinajstić information content (AvgIpc) is 2.79. The molecule has 0 saturated heterocycles. The Kier molecular flexibility index (Phi) is 21.4. The lowest BCUT2D eigenvalue weighted by Crippen LogP contribution is -2.08. The first-order valence-electron chi connectivity index (χ1n) is 11.6. The fraction of sp³-hybridized carbons (Fsp3) is 0.593. The lowest BCUT2D eigenvalue weighted by atomic mass is 10.1. The molecule has 0 spiro atoms. The van der Waals surface area contributed by atoms with E-state index in [0.717, 1.165) is 24.8 Å². The molecule has 3 nitrogen and oxygen atoms in total. The molecule has 1 aromatic rings. The summed E-state index contributed by atoms with van der Waals surface area (Å²) in [5.41, 5.74) is 0.956. The molecule has 1 rings (SSSR count). The molecule has 0 saturated carbocycles. The topological polar surface area (TPSA) is 35.5 Å². The molecule has 0 amide bonds. The van der Waals surface area contributed by atoms with Crippen molar-refractivity contribution in [3.05, 3.63) is 49.1 Å². The lowest BCUT2D eigenvalue weighted by molar-refractivity contribution is 0.0494. The molecule has 0 aliphatic rings. The average molecular weight is 415 g/mol. The first-order chi connectivity index (χ1) is 14.8. The second-order valence-corrected chi connectivity index (χ2v) is 7.26. The van der Waals surface area contributed by atoms with Crippen molar-refractivity contribution in [3.63, 3.8) is 0 Å². The third-order valence-electron chi connectivity index (χ3n) is 4.65. The molecule has 0 aromatic heterocycles. The molecule has 0 aliphatic carbocycles. The van der Waals surface area contributed by atoms with E-state index in [1.807, 2.05) is 30.3 Å². The minimum Gasteiger partial charge on any atom is -0.434 e. The van der Waals surface area contributed by atoms with Crippen molar-refractivity contribution in [1.82, 2.24) is 0 Å². The summed E-state index contributed by atoms with van der Waals surface area (Å²) in [5.74, 6) is 6.39. The normalized spacial score (nSPS) is 9.63. The zero-order valence-corrected chi connectivity index (χ0v) is 19.1. The molecular weight excluding hydrogens is 372 g/mol. The number of carbonyl (C=O) groups excluding carboxylic acids is 1. The predicted molar refractivity (Wildman–Crippen MR) is 127 cm³/mol.